The van der Waals surface area contributed by atoms with Gasteiger partial charge in [0.05, 0.1) is 0 Å². The lowest BCUT2D eigenvalue weighted by atomic mass is 10.1. The van der Waals surface area contributed by atoms with Crippen molar-refractivity contribution in [1.82, 2.24) is 0 Å². The molecule has 0 saturated carbocycles. The summed E-state index contributed by atoms with van der Waals surface area (Å²) in [6.07, 6.45) is 10.1. The molecule has 0 bridgehead atoms. The van der Waals surface area contributed by atoms with Crippen LogP contribution in [-0.4, -0.2) is 13.2 Å². The molecular weight excluding hydrogens is 363 g/mol. The van der Waals surface area contributed by atoms with Crippen LogP contribution < -0.4 is 0 Å². The number of ether oxygens (including phenoxy) is 1. The van der Waals surface area contributed by atoms with Crippen molar-refractivity contribution in [2.24, 2.45) is 0 Å². The van der Waals surface area contributed by atoms with Gasteiger partial charge in [0.1, 0.15) is 5.56 Å². The van der Waals surface area contributed by atoms with E-state index in [0.29, 0.717) is 6.42 Å². The SMILES string of the molecule is CCOCCCCCCCCCCCC#Cc1c(F)c(F)c(F)c(F)c1F. The van der Waals surface area contributed by atoms with Crippen molar-refractivity contribution >= 4 is 0 Å². The zero-order valence-electron chi connectivity index (χ0n) is 15.8. The molecule has 0 amide bonds. The highest BCUT2D eigenvalue weighted by atomic mass is 19.2. The number of unbranched alkanes of at least 4 members (excludes halogenated alkanes) is 9. The molecule has 27 heavy (non-hydrogen) atoms. The lowest BCUT2D eigenvalue weighted by Crippen LogP contribution is -2.04. The molecule has 1 nitrogen and oxygen atoms in total. The second-order valence-electron chi connectivity index (χ2n) is 6.38. The van der Waals surface area contributed by atoms with E-state index in [1.807, 2.05) is 6.92 Å². The molecule has 1 aromatic carbocycles. The highest BCUT2D eigenvalue weighted by molar-refractivity contribution is 5.38. The molecule has 152 valence electrons. The average Bonchev–Trinajstić information content (AvgIpc) is 2.67. The zero-order valence-corrected chi connectivity index (χ0v) is 15.8. The van der Waals surface area contributed by atoms with E-state index in [0.717, 1.165) is 45.3 Å². The minimum atomic E-state index is -2.16. The van der Waals surface area contributed by atoms with Gasteiger partial charge in [0.2, 0.25) is 5.82 Å². The zero-order chi connectivity index (χ0) is 20.1. The van der Waals surface area contributed by atoms with E-state index in [9.17, 15) is 22.0 Å². The Kier molecular flexibility index (Phi) is 11.8. The summed E-state index contributed by atoms with van der Waals surface area (Å²) in [7, 11) is 0. The molecular formula is C21H27F5O. The Labute approximate surface area is 158 Å². The van der Waals surface area contributed by atoms with Crippen LogP contribution in [0.3, 0.4) is 0 Å². The van der Waals surface area contributed by atoms with Gasteiger partial charge in [-0.2, -0.15) is 0 Å². The van der Waals surface area contributed by atoms with Crippen LogP contribution >= 0.6 is 0 Å². The van der Waals surface area contributed by atoms with Crippen LogP contribution in [0.4, 0.5) is 22.0 Å². The van der Waals surface area contributed by atoms with Crippen LogP contribution in [-0.2, 0) is 4.74 Å². The van der Waals surface area contributed by atoms with Crippen molar-refractivity contribution in [1.29, 1.82) is 0 Å². The summed E-state index contributed by atoms with van der Waals surface area (Å²) < 4.78 is 71.2. The van der Waals surface area contributed by atoms with Gasteiger partial charge in [-0.05, 0) is 19.8 Å². The molecule has 0 aliphatic carbocycles. The number of hydrogen-bond donors (Lipinski definition) is 0. The summed E-state index contributed by atoms with van der Waals surface area (Å²) in [6.45, 7) is 3.60. The molecule has 0 atom stereocenters. The van der Waals surface area contributed by atoms with E-state index in [1.54, 1.807) is 0 Å². The molecule has 0 unspecified atom stereocenters. The van der Waals surface area contributed by atoms with Crippen LogP contribution in [0.1, 0.15) is 76.7 Å². The predicted octanol–water partition coefficient (Wildman–Crippen LogP) is 6.67. The molecule has 0 aliphatic rings. The second kappa shape index (κ2) is 13.5. The fourth-order valence-corrected chi connectivity index (χ4v) is 2.66. The molecule has 1 rings (SSSR count). The van der Waals surface area contributed by atoms with Gasteiger partial charge in [0, 0.05) is 19.6 Å². The first-order valence-electron chi connectivity index (χ1n) is 9.58. The molecule has 0 saturated heterocycles. The van der Waals surface area contributed by atoms with Gasteiger partial charge in [0.25, 0.3) is 0 Å². The lowest BCUT2D eigenvalue weighted by Gasteiger charge is -2.03. The Balaban J connectivity index is 2.17. The first-order valence-corrected chi connectivity index (χ1v) is 9.58. The van der Waals surface area contributed by atoms with Crippen LogP contribution in [0.2, 0.25) is 0 Å². The quantitative estimate of drug-likeness (QED) is 0.127. The fourth-order valence-electron chi connectivity index (χ4n) is 2.66. The van der Waals surface area contributed by atoms with Gasteiger partial charge < -0.3 is 4.74 Å². The molecule has 0 aliphatic heterocycles. The van der Waals surface area contributed by atoms with E-state index >= 15 is 0 Å². The largest absolute Gasteiger partial charge is 0.382 e. The third-order valence-corrected chi connectivity index (χ3v) is 4.22. The van der Waals surface area contributed by atoms with Gasteiger partial charge in [-0.1, -0.05) is 56.8 Å². The van der Waals surface area contributed by atoms with Crippen molar-refractivity contribution in [2.75, 3.05) is 13.2 Å². The first kappa shape index (κ1) is 23.4. The highest BCUT2D eigenvalue weighted by Gasteiger charge is 2.24. The Hall–Kier alpha value is -1.61. The van der Waals surface area contributed by atoms with E-state index in [1.165, 1.54) is 25.7 Å². The number of rotatable bonds is 12. The van der Waals surface area contributed by atoms with Crippen LogP contribution in [0, 0.1) is 40.9 Å². The second-order valence-corrected chi connectivity index (χ2v) is 6.38. The number of hydrogen-bond acceptors (Lipinski definition) is 1. The van der Waals surface area contributed by atoms with Crippen molar-refractivity contribution in [3.8, 4) is 11.8 Å². The van der Waals surface area contributed by atoms with Gasteiger partial charge in [0.15, 0.2) is 23.3 Å². The Morgan fingerprint density at radius 1 is 0.630 bits per heavy atom. The Bertz CT molecular complexity index is 605. The number of benzene rings is 1. The third-order valence-electron chi connectivity index (χ3n) is 4.22. The highest BCUT2D eigenvalue weighted by Crippen LogP contribution is 2.22. The summed E-state index contributed by atoms with van der Waals surface area (Å²) in [5, 5.41) is 0. The van der Waals surface area contributed by atoms with E-state index < -0.39 is 34.6 Å². The summed E-state index contributed by atoms with van der Waals surface area (Å²) in [4.78, 5) is 0. The molecule has 0 fully saturated rings. The van der Waals surface area contributed by atoms with Gasteiger partial charge in [-0.15, -0.1) is 0 Å². The average molecular weight is 390 g/mol. The maximum atomic E-state index is 13.4. The normalized spacial score (nSPS) is 10.7. The number of halogens is 5. The van der Waals surface area contributed by atoms with Crippen LogP contribution in [0.5, 0.6) is 0 Å². The predicted molar refractivity (Wildman–Crippen MR) is 95.8 cm³/mol. The molecule has 0 radical (unpaired) electrons. The first-order chi connectivity index (χ1) is 13.0. The van der Waals surface area contributed by atoms with Crippen molar-refractivity contribution in [3.05, 3.63) is 34.6 Å². The standard InChI is InChI=1S/C21H27F5O/c1-2-27-15-13-11-9-7-5-3-4-6-8-10-12-14-16-17(22)19(24)21(26)20(25)18(16)23/h2-11,13,15H2,1H3. The molecule has 1 aromatic rings. The van der Waals surface area contributed by atoms with Gasteiger partial charge in [-0.3, -0.25) is 0 Å². The minimum absolute atomic E-state index is 0.358. The summed E-state index contributed by atoms with van der Waals surface area (Å²) in [6, 6.07) is 0. The maximum Gasteiger partial charge on any atom is 0.200 e. The maximum absolute atomic E-state index is 13.4. The fraction of sp³-hybridized carbons (Fsp3) is 0.619. The summed E-state index contributed by atoms with van der Waals surface area (Å²) >= 11 is 0. The molecule has 0 heterocycles. The van der Waals surface area contributed by atoms with Crippen molar-refractivity contribution in [3.63, 3.8) is 0 Å². The lowest BCUT2D eigenvalue weighted by molar-refractivity contribution is 0.143. The Morgan fingerprint density at radius 2 is 1.07 bits per heavy atom. The Morgan fingerprint density at radius 3 is 1.59 bits per heavy atom. The van der Waals surface area contributed by atoms with E-state index in [4.69, 9.17) is 4.74 Å². The summed E-state index contributed by atoms with van der Waals surface area (Å²) in [5.41, 5.74) is -1.06. The molecule has 0 N–H and O–H groups in total. The summed E-state index contributed by atoms with van der Waals surface area (Å²) in [5.74, 6) is -5.27. The monoisotopic (exact) mass is 390 g/mol. The third kappa shape index (κ3) is 8.30. The van der Waals surface area contributed by atoms with E-state index in [-0.39, 0.29) is 0 Å². The smallest absolute Gasteiger partial charge is 0.200 e. The van der Waals surface area contributed by atoms with Crippen LogP contribution in [0.15, 0.2) is 0 Å². The van der Waals surface area contributed by atoms with E-state index in [2.05, 4.69) is 11.8 Å². The van der Waals surface area contributed by atoms with Crippen LogP contribution in [0.25, 0.3) is 0 Å². The minimum Gasteiger partial charge on any atom is -0.382 e. The van der Waals surface area contributed by atoms with Crippen molar-refractivity contribution in [2.45, 2.75) is 71.1 Å². The van der Waals surface area contributed by atoms with Crippen molar-refractivity contribution < 1.29 is 26.7 Å². The molecule has 6 heteroatoms. The van der Waals surface area contributed by atoms with Gasteiger partial charge in [-0.25, -0.2) is 22.0 Å². The molecule has 0 aromatic heterocycles. The van der Waals surface area contributed by atoms with Gasteiger partial charge >= 0.3 is 0 Å². The molecule has 0 spiro atoms. The topological polar surface area (TPSA) is 9.23 Å².